The summed E-state index contributed by atoms with van der Waals surface area (Å²) >= 11 is 1.15. The lowest BCUT2D eigenvalue weighted by Gasteiger charge is -2.14. The molecule has 9 heteroatoms. The van der Waals surface area contributed by atoms with Gasteiger partial charge in [0, 0.05) is 18.2 Å². The number of carbonyl (C=O) groups is 2. The molecule has 166 valence electrons. The molecule has 3 aromatic rings. The molecule has 1 unspecified atom stereocenters. The molecule has 0 aliphatic heterocycles. The lowest BCUT2D eigenvalue weighted by atomic mass is 10.1. The second kappa shape index (κ2) is 10.7. The summed E-state index contributed by atoms with van der Waals surface area (Å²) < 4.78 is 0. The minimum Gasteiger partial charge on any atom is -0.326 e. The van der Waals surface area contributed by atoms with Crippen molar-refractivity contribution in [3.63, 3.8) is 0 Å². The molecular weight excluding hydrogens is 426 g/mol. The van der Waals surface area contributed by atoms with Gasteiger partial charge >= 0.3 is 0 Å². The van der Waals surface area contributed by atoms with E-state index in [4.69, 9.17) is 0 Å². The SMILES string of the molecule is CCc1ccc(NC(=O)C(CC)Sc2nnc(-c3ccccc3NC(C)=O)c(=O)[nH]2)cc1. The summed E-state index contributed by atoms with van der Waals surface area (Å²) in [4.78, 5) is 39.5. The van der Waals surface area contributed by atoms with E-state index >= 15 is 0 Å². The van der Waals surface area contributed by atoms with Crippen molar-refractivity contribution >= 4 is 35.0 Å². The topological polar surface area (TPSA) is 117 Å². The second-order valence-corrected chi connectivity index (χ2v) is 8.28. The Kier molecular flexibility index (Phi) is 7.77. The number of amides is 2. The van der Waals surface area contributed by atoms with Crippen LogP contribution < -0.4 is 16.2 Å². The third kappa shape index (κ3) is 5.82. The van der Waals surface area contributed by atoms with Gasteiger partial charge in [-0.1, -0.05) is 55.9 Å². The fourth-order valence-corrected chi connectivity index (χ4v) is 3.88. The fourth-order valence-electron chi connectivity index (χ4n) is 3.04. The molecule has 2 amide bonds. The van der Waals surface area contributed by atoms with E-state index in [1.54, 1.807) is 24.3 Å². The molecule has 3 N–H and O–H groups in total. The summed E-state index contributed by atoms with van der Waals surface area (Å²) in [6.45, 7) is 5.35. The number of anilines is 2. The van der Waals surface area contributed by atoms with E-state index < -0.39 is 10.8 Å². The van der Waals surface area contributed by atoms with Crippen molar-refractivity contribution in [3.05, 3.63) is 64.4 Å². The van der Waals surface area contributed by atoms with Crippen LogP contribution in [0.15, 0.2) is 58.5 Å². The van der Waals surface area contributed by atoms with Crippen molar-refractivity contribution in [2.45, 2.75) is 44.0 Å². The molecule has 8 nitrogen and oxygen atoms in total. The molecule has 0 radical (unpaired) electrons. The van der Waals surface area contributed by atoms with Crippen LogP contribution >= 0.6 is 11.8 Å². The molecule has 0 saturated heterocycles. The van der Waals surface area contributed by atoms with E-state index in [9.17, 15) is 14.4 Å². The zero-order valence-corrected chi connectivity index (χ0v) is 19.0. The summed E-state index contributed by atoms with van der Waals surface area (Å²) in [6, 6.07) is 14.6. The number of aromatic amines is 1. The standard InChI is InChI=1S/C23H25N5O3S/c1-4-15-10-12-16(13-11-15)25-21(30)19(5-2)32-23-26-22(31)20(27-28-23)17-8-6-7-9-18(17)24-14(3)29/h6-13,19H,4-5H2,1-3H3,(H,24,29)(H,25,30)(H,26,28,31). The molecule has 0 saturated carbocycles. The van der Waals surface area contributed by atoms with Crippen LogP contribution in [0.2, 0.25) is 0 Å². The number of thioether (sulfide) groups is 1. The van der Waals surface area contributed by atoms with E-state index in [2.05, 4.69) is 32.7 Å². The van der Waals surface area contributed by atoms with E-state index in [1.165, 1.54) is 12.5 Å². The molecule has 1 atom stereocenters. The molecular formula is C23H25N5O3S. The van der Waals surface area contributed by atoms with Crippen LogP contribution in [-0.2, 0) is 16.0 Å². The van der Waals surface area contributed by atoms with Gasteiger partial charge in [0.15, 0.2) is 10.9 Å². The van der Waals surface area contributed by atoms with Gasteiger partial charge in [-0.05, 0) is 36.6 Å². The Hall–Kier alpha value is -3.46. The minimum atomic E-state index is -0.455. The number of carbonyl (C=O) groups excluding carboxylic acids is 2. The number of benzene rings is 2. The Labute approximate surface area is 190 Å². The van der Waals surface area contributed by atoms with Gasteiger partial charge in [-0.2, -0.15) is 0 Å². The molecule has 1 aromatic heterocycles. The van der Waals surface area contributed by atoms with Crippen LogP contribution in [-0.4, -0.2) is 32.2 Å². The summed E-state index contributed by atoms with van der Waals surface area (Å²) in [6.07, 6.45) is 1.47. The highest BCUT2D eigenvalue weighted by Gasteiger charge is 2.21. The molecule has 32 heavy (non-hydrogen) atoms. The Bertz CT molecular complexity index is 1160. The second-order valence-electron chi connectivity index (χ2n) is 7.09. The number of para-hydroxylation sites is 1. The summed E-state index contributed by atoms with van der Waals surface area (Å²) in [5.41, 5.74) is 2.49. The number of H-pyrrole nitrogens is 1. The van der Waals surface area contributed by atoms with Crippen molar-refractivity contribution in [2.75, 3.05) is 10.6 Å². The first-order valence-corrected chi connectivity index (χ1v) is 11.2. The molecule has 2 aromatic carbocycles. The highest BCUT2D eigenvalue weighted by atomic mass is 32.2. The lowest BCUT2D eigenvalue weighted by Crippen LogP contribution is -2.25. The maximum Gasteiger partial charge on any atom is 0.278 e. The van der Waals surface area contributed by atoms with Gasteiger partial charge in [0.05, 0.1) is 10.9 Å². The Morgan fingerprint density at radius 3 is 2.38 bits per heavy atom. The molecule has 0 aliphatic carbocycles. The molecule has 0 aliphatic rings. The average Bonchev–Trinajstić information content (AvgIpc) is 2.78. The first-order valence-electron chi connectivity index (χ1n) is 10.3. The zero-order chi connectivity index (χ0) is 23.1. The van der Waals surface area contributed by atoms with Gasteiger partial charge in [0.2, 0.25) is 11.8 Å². The molecule has 0 bridgehead atoms. The van der Waals surface area contributed by atoms with E-state index in [0.717, 1.165) is 23.9 Å². The minimum absolute atomic E-state index is 0.0900. The van der Waals surface area contributed by atoms with Crippen LogP contribution in [0.4, 0.5) is 11.4 Å². The third-order valence-corrected chi connectivity index (χ3v) is 5.95. The number of nitrogens with one attached hydrogen (secondary N) is 3. The van der Waals surface area contributed by atoms with Crippen LogP contribution in [0.1, 0.15) is 32.8 Å². The quantitative estimate of drug-likeness (QED) is 0.448. The zero-order valence-electron chi connectivity index (χ0n) is 18.1. The smallest absolute Gasteiger partial charge is 0.278 e. The van der Waals surface area contributed by atoms with Crippen molar-refractivity contribution in [1.82, 2.24) is 15.2 Å². The van der Waals surface area contributed by atoms with Gasteiger partial charge in [-0.25, -0.2) is 0 Å². The van der Waals surface area contributed by atoms with Gasteiger partial charge < -0.3 is 10.6 Å². The van der Waals surface area contributed by atoms with Gasteiger partial charge in [0.1, 0.15) is 0 Å². The van der Waals surface area contributed by atoms with Crippen molar-refractivity contribution in [1.29, 1.82) is 0 Å². The average molecular weight is 452 g/mol. The Morgan fingerprint density at radius 2 is 1.75 bits per heavy atom. The summed E-state index contributed by atoms with van der Waals surface area (Å²) in [5, 5.41) is 13.5. The van der Waals surface area contributed by atoms with Crippen LogP contribution in [0.25, 0.3) is 11.3 Å². The van der Waals surface area contributed by atoms with Crippen molar-refractivity contribution in [2.24, 2.45) is 0 Å². The largest absolute Gasteiger partial charge is 0.326 e. The number of hydrogen-bond acceptors (Lipinski definition) is 6. The normalized spacial score (nSPS) is 11.6. The van der Waals surface area contributed by atoms with Crippen LogP contribution in [0, 0.1) is 0 Å². The van der Waals surface area contributed by atoms with Crippen LogP contribution in [0.5, 0.6) is 0 Å². The first-order chi connectivity index (χ1) is 15.4. The summed E-state index contributed by atoms with van der Waals surface area (Å²) in [7, 11) is 0. The maximum absolute atomic E-state index is 12.7. The lowest BCUT2D eigenvalue weighted by molar-refractivity contribution is -0.116. The predicted octanol–water partition coefficient (Wildman–Crippen LogP) is 3.86. The molecule has 3 rings (SSSR count). The van der Waals surface area contributed by atoms with Crippen LogP contribution in [0.3, 0.4) is 0 Å². The fraction of sp³-hybridized carbons (Fsp3) is 0.261. The van der Waals surface area contributed by atoms with E-state index in [-0.39, 0.29) is 22.7 Å². The highest BCUT2D eigenvalue weighted by Crippen LogP contribution is 2.26. The third-order valence-electron chi connectivity index (χ3n) is 4.72. The van der Waals surface area contributed by atoms with Gasteiger partial charge in [-0.3, -0.25) is 19.4 Å². The number of hydrogen-bond donors (Lipinski definition) is 3. The first kappa shape index (κ1) is 23.2. The monoisotopic (exact) mass is 451 g/mol. The van der Waals surface area contributed by atoms with E-state index in [0.29, 0.717) is 17.7 Å². The van der Waals surface area contributed by atoms with Gasteiger partial charge in [0.25, 0.3) is 5.56 Å². The molecule has 0 spiro atoms. The van der Waals surface area contributed by atoms with Crippen molar-refractivity contribution in [3.8, 4) is 11.3 Å². The molecule has 1 heterocycles. The van der Waals surface area contributed by atoms with Crippen molar-refractivity contribution < 1.29 is 9.59 Å². The van der Waals surface area contributed by atoms with Gasteiger partial charge in [-0.15, -0.1) is 10.2 Å². The predicted molar refractivity (Wildman–Crippen MR) is 127 cm³/mol. The number of rotatable bonds is 8. The number of aryl methyl sites for hydroxylation is 1. The number of aromatic nitrogens is 3. The maximum atomic E-state index is 12.7. The summed E-state index contributed by atoms with van der Waals surface area (Å²) in [5.74, 6) is -0.431. The van der Waals surface area contributed by atoms with E-state index in [1.807, 2.05) is 31.2 Å². The Morgan fingerprint density at radius 1 is 1.03 bits per heavy atom. The Balaban J connectivity index is 1.76. The molecule has 0 fully saturated rings. The highest BCUT2D eigenvalue weighted by molar-refractivity contribution is 8.00. The number of nitrogens with zero attached hydrogens (tertiary/aromatic N) is 2.